The van der Waals surface area contributed by atoms with Gasteiger partial charge in [0, 0.05) is 23.2 Å². The van der Waals surface area contributed by atoms with E-state index in [4.69, 9.17) is 0 Å². The van der Waals surface area contributed by atoms with Crippen molar-refractivity contribution in [1.82, 2.24) is 0 Å². The van der Waals surface area contributed by atoms with E-state index >= 15 is 0 Å². The number of nitrogens with zero attached hydrogens (tertiary/aromatic N) is 1. The third-order valence-electron chi connectivity index (χ3n) is 6.89. The molecule has 0 saturated heterocycles. The van der Waals surface area contributed by atoms with Crippen LogP contribution in [-0.4, -0.2) is 42.9 Å². The van der Waals surface area contributed by atoms with E-state index in [1.54, 1.807) is 18.2 Å². The molecule has 0 bridgehead atoms. The molecule has 0 radical (unpaired) electrons. The first-order valence-electron chi connectivity index (χ1n) is 12.3. The molecule has 3 N–H and O–H groups in total. The number of aryl methyl sites for hydroxylation is 1. The van der Waals surface area contributed by atoms with Crippen molar-refractivity contribution < 1.29 is 54.2 Å². The summed E-state index contributed by atoms with van der Waals surface area (Å²) in [7, 11) is -4.64. The van der Waals surface area contributed by atoms with E-state index in [-0.39, 0.29) is 29.8 Å². The van der Waals surface area contributed by atoms with Crippen molar-refractivity contribution in [2.45, 2.75) is 54.8 Å². The molecule has 15 heteroatoms. The number of sulfonamides is 1. The van der Waals surface area contributed by atoms with Crippen molar-refractivity contribution >= 4 is 27.3 Å². The maximum atomic E-state index is 13.7. The average Bonchev–Trinajstić information content (AvgIpc) is 2.91. The average molecular weight is 621 g/mol. The lowest BCUT2D eigenvalue weighted by atomic mass is 9.87. The molecule has 1 atom stereocenters. The van der Waals surface area contributed by atoms with Gasteiger partial charge in [-0.05, 0) is 54.8 Å². The van der Waals surface area contributed by atoms with Crippen LogP contribution >= 0.6 is 0 Å². The van der Waals surface area contributed by atoms with Gasteiger partial charge in [0.1, 0.15) is 5.82 Å². The highest BCUT2D eigenvalue weighted by Gasteiger charge is 2.71. The van der Waals surface area contributed by atoms with E-state index in [0.717, 1.165) is 24.3 Å². The number of amides is 1. The molecule has 1 aliphatic rings. The number of halogens is 7. The molecular formula is C27H23F7N2O5S. The highest BCUT2D eigenvalue weighted by Crippen LogP contribution is 2.51. The lowest BCUT2D eigenvalue weighted by Gasteiger charge is -2.39. The molecule has 0 aliphatic carbocycles. The Kier molecular flexibility index (Phi) is 8.32. The van der Waals surface area contributed by atoms with Crippen LogP contribution in [0.15, 0.2) is 71.6 Å². The molecule has 0 saturated carbocycles. The van der Waals surface area contributed by atoms with Crippen molar-refractivity contribution in [3.05, 3.63) is 89.2 Å². The van der Waals surface area contributed by atoms with Crippen molar-refractivity contribution in [3.63, 3.8) is 0 Å². The molecule has 3 aromatic carbocycles. The Morgan fingerprint density at radius 3 is 2.17 bits per heavy atom. The summed E-state index contributed by atoms with van der Waals surface area (Å²) < 4.78 is 123. The quantitative estimate of drug-likeness (QED) is 0.316. The molecule has 0 spiro atoms. The predicted molar refractivity (Wildman–Crippen MR) is 136 cm³/mol. The fourth-order valence-corrected chi connectivity index (χ4v) is 6.49. The highest BCUT2D eigenvalue weighted by atomic mass is 32.2. The molecule has 0 fully saturated rings. The molecule has 1 aliphatic heterocycles. The lowest BCUT2D eigenvalue weighted by Crippen LogP contribution is -2.54. The Morgan fingerprint density at radius 1 is 0.952 bits per heavy atom. The fourth-order valence-electron chi connectivity index (χ4n) is 4.78. The minimum absolute atomic E-state index is 0.206. The van der Waals surface area contributed by atoms with Gasteiger partial charge < -0.3 is 15.5 Å². The summed E-state index contributed by atoms with van der Waals surface area (Å²) in [4.78, 5) is 12.5. The molecule has 1 amide bonds. The van der Waals surface area contributed by atoms with E-state index in [2.05, 4.69) is 5.32 Å². The van der Waals surface area contributed by atoms with Crippen LogP contribution in [0.4, 0.5) is 42.1 Å². The van der Waals surface area contributed by atoms with Gasteiger partial charge in [0.15, 0.2) is 0 Å². The maximum Gasteiger partial charge on any atom is 0.430 e. The number of benzene rings is 3. The third-order valence-corrected chi connectivity index (χ3v) is 8.77. The van der Waals surface area contributed by atoms with Gasteiger partial charge in [0.2, 0.25) is 5.91 Å². The Bertz CT molecular complexity index is 1560. The predicted octanol–water partition coefficient (Wildman–Crippen LogP) is 5.17. The molecule has 0 unspecified atom stereocenters. The SMILES string of the molecule is O=C(C[C@@H]1CCc2cc(C(O)(C(F)(F)F)C(F)(F)F)ccc2N1S(=O)(=O)c1ccc(F)cc1)Nc1ccccc1CO. The Balaban J connectivity index is 1.79. The minimum Gasteiger partial charge on any atom is -0.392 e. The molecule has 0 aromatic heterocycles. The third kappa shape index (κ3) is 5.68. The van der Waals surface area contributed by atoms with Crippen LogP contribution in [0, 0.1) is 5.82 Å². The summed E-state index contributed by atoms with van der Waals surface area (Å²) >= 11 is 0. The number of carbonyl (C=O) groups excluding carboxylic acids is 1. The number of aliphatic hydroxyl groups is 2. The number of carbonyl (C=O) groups is 1. The Hall–Kier alpha value is -3.69. The first kappa shape index (κ1) is 31.3. The largest absolute Gasteiger partial charge is 0.430 e. The van der Waals surface area contributed by atoms with Gasteiger partial charge in [-0.2, -0.15) is 26.3 Å². The molecular weight excluding hydrogens is 597 g/mol. The summed E-state index contributed by atoms with van der Waals surface area (Å²) in [6.45, 7) is -0.414. The fraction of sp³-hybridized carbons (Fsp3) is 0.296. The number of fused-ring (bicyclic) bond motifs is 1. The van der Waals surface area contributed by atoms with Gasteiger partial charge in [-0.3, -0.25) is 9.10 Å². The van der Waals surface area contributed by atoms with Gasteiger partial charge >= 0.3 is 12.4 Å². The van der Waals surface area contributed by atoms with Crippen LogP contribution in [0.5, 0.6) is 0 Å². The van der Waals surface area contributed by atoms with E-state index in [1.165, 1.54) is 6.07 Å². The molecule has 42 heavy (non-hydrogen) atoms. The number of aliphatic hydroxyl groups excluding tert-OH is 1. The zero-order chi connectivity index (χ0) is 31.1. The van der Waals surface area contributed by atoms with Gasteiger partial charge in [-0.1, -0.05) is 30.3 Å². The molecule has 226 valence electrons. The number of hydrogen-bond donors (Lipinski definition) is 3. The molecule has 1 heterocycles. The number of para-hydroxylation sites is 1. The van der Waals surface area contributed by atoms with Crippen LogP contribution < -0.4 is 9.62 Å². The second kappa shape index (κ2) is 11.2. The number of anilines is 2. The topological polar surface area (TPSA) is 107 Å². The van der Waals surface area contributed by atoms with Gasteiger partial charge in [0.25, 0.3) is 15.6 Å². The van der Waals surface area contributed by atoms with Gasteiger partial charge in [-0.25, -0.2) is 12.8 Å². The van der Waals surface area contributed by atoms with Crippen LogP contribution in [0.3, 0.4) is 0 Å². The number of hydrogen-bond acceptors (Lipinski definition) is 5. The number of alkyl halides is 6. The minimum atomic E-state index is -6.15. The summed E-state index contributed by atoms with van der Waals surface area (Å²) in [5, 5.41) is 21.9. The highest BCUT2D eigenvalue weighted by molar-refractivity contribution is 7.92. The summed E-state index contributed by atoms with van der Waals surface area (Å²) in [6.07, 6.45) is -13.2. The second-order valence-corrected chi connectivity index (χ2v) is 11.4. The van der Waals surface area contributed by atoms with E-state index in [0.29, 0.717) is 28.1 Å². The normalized spacial score (nSPS) is 16.2. The van der Waals surface area contributed by atoms with Crippen LogP contribution in [0.1, 0.15) is 29.5 Å². The monoisotopic (exact) mass is 620 g/mol. The van der Waals surface area contributed by atoms with Crippen LogP contribution in [0.2, 0.25) is 0 Å². The van der Waals surface area contributed by atoms with E-state index in [1.807, 2.05) is 0 Å². The van der Waals surface area contributed by atoms with Crippen molar-refractivity contribution in [1.29, 1.82) is 0 Å². The zero-order valence-corrected chi connectivity index (χ0v) is 22.2. The van der Waals surface area contributed by atoms with Crippen molar-refractivity contribution in [2.75, 3.05) is 9.62 Å². The summed E-state index contributed by atoms with van der Waals surface area (Å²) in [5.41, 5.74) is -6.74. The first-order chi connectivity index (χ1) is 19.5. The van der Waals surface area contributed by atoms with E-state index < -0.39 is 69.2 Å². The van der Waals surface area contributed by atoms with Gasteiger partial charge in [0.05, 0.1) is 23.2 Å². The zero-order valence-electron chi connectivity index (χ0n) is 21.4. The van der Waals surface area contributed by atoms with Crippen molar-refractivity contribution in [2.24, 2.45) is 0 Å². The van der Waals surface area contributed by atoms with E-state index in [9.17, 15) is 54.2 Å². The summed E-state index contributed by atoms with van der Waals surface area (Å²) in [5.74, 6) is -1.46. The first-order valence-corrected chi connectivity index (χ1v) is 13.7. The second-order valence-electron chi connectivity index (χ2n) is 9.56. The van der Waals surface area contributed by atoms with Crippen LogP contribution in [0.25, 0.3) is 0 Å². The lowest BCUT2D eigenvalue weighted by molar-refractivity contribution is -0.376. The molecule has 7 nitrogen and oxygen atoms in total. The molecule has 4 rings (SSSR count). The standard InChI is InChI=1S/C27H23F7N2O5S/c28-19-7-10-21(11-8-19)42(40,41)36-20(14-24(38)35-22-4-2-1-3-17(22)15-37)9-5-16-13-18(6-12-23(16)36)25(39,26(29,30)31)27(32,33)34/h1-4,6-8,10-13,20,37,39H,5,9,14-15H2,(H,35,38)/t20-/m0/s1. The molecule has 3 aromatic rings. The van der Waals surface area contributed by atoms with Gasteiger partial charge in [-0.15, -0.1) is 0 Å². The van der Waals surface area contributed by atoms with Crippen molar-refractivity contribution in [3.8, 4) is 0 Å². The Morgan fingerprint density at radius 2 is 1.57 bits per heavy atom. The number of rotatable bonds is 7. The maximum absolute atomic E-state index is 13.7. The Labute approximate surface area is 235 Å². The smallest absolute Gasteiger partial charge is 0.392 e. The number of nitrogens with one attached hydrogen (secondary N) is 1. The van der Waals surface area contributed by atoms with Crippen LogP contribution in [-0.2, 0) is 33.4 Å². The summed E-state index contributed by atoms with van der Waals surface area (Å²) in [6, 6.07) is 10.1.